The fourth-order valence-corrected chi connectivity index (χ4v) is 2.35. The Kier molecular flexibility index (Phi) is 5.71. The van der Waals surface area contributed by atoms with Gasteiger partial charge in [0.2, 0.25) is 0 Å². The molecule has 3 aromatic rings. The molecule has 0 aliphatic heterocycles. The molecule has 0 aliphatic rings. The van der Waals surface area contributed by atoms with E-state index >= 15 is 0 Å². The third-order valence-electron chi connectivity index (χ3n) is 3.88. The molecule has 3 rings (SSSR count). The first-order chi connectivity index (χ1) is 12.3. The van der Waals surface area contributed by atoms with Crippen molar-refractivity contribution in [3.63, 3.8) is 0 Å². The van der Waals surface area contributed by atoms with Crippen LogP contribution in [0.2, 0.25) is 0 Å². The first-order valence-electron chi connectivity index (χ1n) is 8.25. The summed E-state index contributed by atoms with van der Waals surface area (Å²) in [6.07, 6.45) is 0.889. The minimum Gasteiger partial charge on any atom is -0.423 e. The Morgan fingerprint density at radius 1 is 1.12 bits per heavy atom. The van der Waals surface area contributed by atoms with Crippen LogP contribution in [0.4, 0.5) is 0 Å². The van der Waals surface area contributed by atoms with E-state index in [1.807, 2.05) is 61.5 Å². The van der Waals surface area contributed by atoms with Crippen LogP contribution in [0.1, 0.15) is 18.9 Å². The van der Waals surface area contributed by atoms with Crippen molar-refractivity contribution in [1.82, 2.24) is 25.5 Å². The molecule has 0 spiro atoms. The van der Waals surface area contributed by atoms with Crippen molar-refractivity contribution in [2.45, 2.75) is 25.9 Å². The van der Waals surface area contributed by atoms with Gasteiger partial charge in [0.05, 0.1) is 12.3 Å². The van der Waals surface area contributed by atoms with Crippen LogP contribution in [-0.2, 0) is 6.54 Å². The highest BCUT2D eigenvalue weighted by atomic mass is 16.5. The Labute approximate surface area is 146 Å². The lowest BCUT2D eigenvalue weighted by Gasteiger charge is -2.14. The van der Waals surface area contributed by atoms with Gasteiger partial charge in [0, 0.05) is 12.6 Å². The van der Waals surface area contributed by atoms with Crippen LogP contribution in [0.3, 0.4) is 0 Å². The quantitative estimate of drug-likeness (QED) is 0.655. The van der Waals surface area contributed by atoms with E-state index < -0.39 is 0 Å². The van der Waals surface area contributed by atoms with Crippen LogP contribution < -0.4 is 10.1 Å². The van der Waals surface area contributed by atoms with Gasteiger partial charge in [0.1, 0.15) is 5.75 Å². The predicted octanol–water partition coefficient (Wildman–Crippen LogP) is 2.32. The van der Waals surface area contributed by atoms with Crippen molar-refractivity contribution in [3.8, 4) is 17.4 Å². The van der Waals surface area contributed by atoms with Crippen molar-refractivity contribution in [3.05, 3.63) is 60.2 Å². The molecule has 7 nitrogen and oxygen atoms in total. The molecule has 0 saturated heterocycles. The highest BCUT2D eigenvalue weighted by molar-refractivity contribution is 5.34. The fourth-order valence-electron chi connectivity index (χ4n) is 2.35. The third kappa shape index (κ3) is 4.40. The van der Waals surface area contributed by atoms with Gasteiger partial charge in [-0.2, -0.15) is 4.68 Å². The molecular formula is C18H21N5O2. The van der Waals surface area contributed by atoms with Crippen molar-refractivity contribution in [1.29, 1.82) is 0 Å². The number of ether oxygens (including phenoxy) is 1. The molecule has 0 unspecified atom stereocenters. The number of hydrogen-bond acceptors (Lipinski definition) is 6. The zero-order valence-corrected chi connectivity index (χ0v) is 14.0. The van der Waals surface area contributed by atoms with Gasteiger partial charge in [0.25, 0.3) is 0 Å². The molecule has 7 heteroatoms. The Hall–Kier alpha value is -2.77. The summed E-state index contributed by atoms with van der Waals surface area (Å²) in [5, 5.41) is 24.1. The van der Waals surface area contributed by atoms with Gasteiger partial charge in [-0.1, -0.05) is 42.4 Å². The number of nitrogens with one attached hydrogen (secondary N) is 1. The average molecular weight is 339 g/mol. The van der Waals surface area contributed by atoms with Crippen LogP contribution in [-0.4, -0.2) is 38.0 Å². The molecule has 130 valence electrons. The molecule has 0 bridgehead atoms. The van der Waals surface area contributed by atoms with E-state index in [0.717, 1.165) is 17.7 Å². The van der Waals surface area contributed by atoms with Gasteiger partial charge in [-0.3, -0.25) is 0 Å². The molecule has 1 aromatic heterocycles. The second-order valence-corrected chi connectivity index (χ2v) is 5.62. The number of para-hydroxylation sites is 1. The second kappa shape index (κ2) is 8.36. The molecule has 0 amide bonds. The number of hydrogen-bond donors (Lipinski definition) is 2. The summed E-state index contributed by atoms with van der Waals surface area (Å²) < 4.78 is 7.34. The van der Waals surface area contributed by atoms with E-state index in [4.69, 9.17) is 4.74 Å². The van der Waals surface area contributed by atoms with Crippen molar-refractivity contribution in [2.24, 2.45) is 0 Å². The highest BCUT2D eigenvalue weighted by Crippen LogP contribution is 2.21. The molecular weight excluding hydrogens is 318 g/mol. The standard InChI is InChI=1S/C18H21N5O2/c1-2-15(13-24)19-12-14-8-10-17(11-9-14)25-18-20-21-22-23(18)16-6-4-3-5-7-16/h3-11,15,19,24H,2,12-13H2,1H3/t15-/m1/s1. The third-order valence-corrected chi connectivity index (χ3v) is 3.88. The molecule has 0 saturated carbocycles. The van der Waals surface area contributed by atoms with Crippen LogP contribution in [0.5, 0.6) is 11.8 Å². The number of rotatable bonds is 8. The highest BCUT2D eigenvalue weighted by Gasteiger charge is 2.10. The Morgan fingerprint density at radius 2 is 1.88 bits per heavy atom. The number of aromatic nitrogens is 4. The molecule has 2 aromatic carbocycles. The fraction of sp³-hybridized carbons (Fsp3) is 0.278. The van der Waals surface area contributed by atoms with Crippen LogP contribution in [0.15, 0.2) is 54.6 Å². The largest absolute Gasteiger partial charge is 0.423 e. The van der Waals surface area contributed by atoms with E-state index in [2.05, 4.69) is 20.8 Å². The molecule has 1 atom stereocenters. The van der Waals surface area contributed by atoms with Gasteiger partial charge in [-0.25, -0.2) is 0 Å². The summed E-state index contributed by atoms with van der Waals surface area (Å²) in [5.74, 6) is 0.657. The van der Waals surface area contributed by atoms with E-state index in [1.165, 1.54) is 0 Å². The van der Waals surface area contributed by atoms with Gasteiger partial charge in [-0.05, 0) is 46.7 Å². The van der Waals surface area contributed by atoms with Crippen molar-refractivity contribution < 1.29 is 9.84 Å². The predicted molar refractivity (Wildman–Crippen MR) is 93.7 cm³/mol. The van der Waals surface area contributed by atoms with E-state index in [1.54, 1.807) is 4.68 Å². The SMILES string of the molecule is CC[C@H](CO)NCc1ccc(Oc2nnnn2-c2ccccc2)cc1. The maximum absolute atomic E-state index is 9.21. The second-order valence-electron chi connectivity index (χ2n) is 5.62. The molecule has 25 heavy (non-hydrogen) atoms. The monoisotopic (exact) mass is 339 g/mol. The molecule has 2 N–H and O–H groups in total. The summed E-state index contributed by atoms with van der Waals surface area (Å²) in [7, 11) is 0. The van der Waals surface area contributed by atoms with Gasteiger partial charge in [-0.15, -0.1) is 0 Å². The first kappa shape index (κ1) is 17.1. The minimum atomic E-state index is 0.117. The molecule has 1 heterocycles. The summed E-state index contributed by atoms with van der Waals surface area (Å²) >= 11 is 0. The van der Waals surface area contributed by atoms with E-state index in [0.29, 0.717) is 18.3 Å². The first-order valence-corrected chi connectivity index (χ1v) is 8.25. The molecule has 0 fully saturated rings. The topological polar surface area (TPSA) is 85.1 Å². The molecule has 0 radical (unpaired) electrons. The van der Waals surface area contributed by atoms with Crippen LogP contribution in [0, 0.1) is 0 Å². The van der Waals surface area contributed by atoms with Gasteiger partial charge >= 0.3 is 6.01 Å². The number of aliphatic hydroxyl groups is 1. The van der Waals surface area contributed by atoms with E-state index in [9.17, 15) is 5.11 Å². The zero-order chi connectivity index (χ0) is 17.5. The van der Waals surface area contributed by atoms with Crippen LogP contribution >= 0.6 is 0 Å². The summed E-state index contributed by atoms with van der Waals surface area (Å²) in [6.45, 7) is 2.88. The van der Waals surface area contributed by atoms with Crippen molar-refractivity contribution in [2.75, 3.05) is 6.61 Å². The summed E-state index contributed by atoms with van der Waals surface area (Å²) in [5.41, 5.74) is 1.94. The van der Waals surface area contributed by atoms with Gasteiger partial charge < -0.3 is 15.2 Å². The lowest BCUT2D eigenvalue weighted by Crippen LogP contribution is -2.31. The number of nitrogens with zero attached hydrogens (tertiary/aromatic N) is 4. The van der Waals surface area contributed by atoms with Crippen LogP contribution in [0.25, 0.3) is 5.69 Å². The zero-order valence-electron chi connectivity index (χ0n) is 14.0. The number of tetrazole rings is 1. The summed E-state index contributed by atoms with van der Waals surface area (Å²) in [4.78, 5) is 0. The Balaban J connectivity index is 1.66. The number of aliphatic hydroxyl groups excluding tert-OH is 1. The maximum Gasteiger partial charge on any atom is 0.345 e. The Morgan fingerprint density at radius 3 is 2.56 bits per heavy atom. The minimum absolute atomic E-state index is 0.117. The van der Waals surface area contributed by atoms with Gasteiger partial charge in [0.15, 0.2) is 0 Å². The van der Waals surface area contributed by atoms with E-state index in [-0.39, 0.29) is 12.6 Å². The lowest BCUT2D eigenvalue weighted by atomic mass is 10.2. The number of benzene rings is 2. The summed E-state index contributed by atoms with van der Waals surface area (Å²) in [6, 6.07) is 17.7. The smallest absolute Gasteiger partial charge is 0.345 e. The maximum atomic E-state index is 9.21. The van der Waals surface area contributed by atoms with Crippen molar-refractivity contribution >= 4 is 0 Å². The Bertz CT molecular complexity index is 770. The normalized spacial score (nSPS) is 12.1. The molecule has 0 aliphatic carbocycles. The average Bonchev–Trinajstić information content (AvgIpc) is 3.13. The lowest BCUT2D eigenvalue weighted by molar-refractivity contribution is 0.238.